The van der Waals surface area contributed by atoms with Gasteiger partial charge in [0.2, 0.25) is 5.95 Å². The van der Waals surface area contributed by atoms with Crippen molar-refractivity contribution >= 4 is 22.9 Å². The molecule has 2 fully saturated rings. The van der Waals surface area contributed by atoms with Gasteiger partial charge in [-0.25, -0.2) is 14.4 Å². The van der Waals surface area contributed by atoms with Gasteiger partial charge in [-0.1, -0.05) is 6.07 Å². The first-order chi connectivity index (χ1) is 19.7. The number of ether oxygens (including phenoxy) is 1. The maximum absolute atomic E-state index is 15.7. The number of fused-ring (bicyclic) bond motifs is 1. The minimum Gasteiger partial charge on any atom is -0.390 e. The number of nitrogens with zero attached hydrogens (tertiary/aromatic N) is 6. The van der Waals surface area contributed by atoms with Gasteiger partial charge in [0.05, 0.1) is 41.6 Å². The van der Waals surface area contributed by atoms with Crippen LogP contribution in [0.15, 0.2) is 36.7 Å². The second-order valence-corrected chi connectivity index (χ2v) is 11.6. The van der Waals surface area contributed by atoms with Gasteiger partial charge >= 0.3 is 0 Å². The van der Waals surface area contributed by atoms with Crippen molar-refractivity contribution in [3.8, 4) is 11.3 Å². The van der Waals surface area contributed by atoms with E-state index in [1.165, 1.54) is 12.3 Å². The molecule has 2 aliphatic rings. The third kappa shape index (κ3) is 5.74. The lowest BCUT2D eigenvalue weighted by atomic mass is 9.83. The van der Waals surface area contributed by atoms with Crippen molar-refractivity contribution in [1.82, 2.24) is 29.2 Å². The molecule has 0 bridgehead atoms. The molecule has 0 unspecified atom stereocenters. The molecule has 41 heavy (non-hydrogen) atoms. The lowest BCUT2D eigenvalue weighted by molar-refractivity contribution is 0.0106. The summed E-state index contributed by atoms with van der Waals surface area (Å²) in [7, 11) is 1.74. The van der Waals surface area contributed by atoms with Crippen LogP contribution in [0, 0.1) is 12.7 Å². The van der Waals surface area contributed by atoms with Crippen LogP contribution in [0.5, 0.6) is 0 Å². The van der Waals surface area contributed by atoms with Gasteiger partial charge in [-0.05, 0) is 63.3 Å². The van der Waals surface area contributed by atoms with E-state index in [4.69, 9.17) is 9.72 Å². The van der Waals surface area contributed by atoms with Crippen molar-refractivity contribution < 1.29 is 19.0 Å². The number of morpholine rings is 1. The highest BCUT2D eigenvalue weighted by Crippen LogP contribution is 2.38. The molecule has 1 aromatic carbocycles. The fourth-order valence-electron chi connectivity index (χ4n) is 5.93. The van der Waals surface area contributed by atoms with Gasteiger partial charge in [0.15, 0.2) is 5.82 Å². The number of aromatic nitrogens is 5. The number of amides is 1. The topological polar surface area (TPSA) is 110 Å². The Morgan fingerprint density at radius 2 is 1.95 bits per heavy atom. The highest BCUT2D eigenvalue weighted by molar-refractivity contribution is 6.05. The zero-order valence-electron chi connectivity index (χ0n) is 23.7. The number of rotatable bonds is 6. The molecule has 4 heterocycles. The third-order valence-corrected chi connectivity index (χ3v) is 8.20. The maximum atomic E-state index is 15.7. The van der Waals surface area contributed by atoms with E-state index >= 15 is 4.39 Å². The summed E-state index contributed by atoms with van der Waals surface area (Å²) in [6.45, 7) is 7.61. The maximum Gasteiger partial charge on any atom is 0.261 e. The largest absolute Gasteiger partial charge is 0.390 e. The molecule has 1 amide bonds. The van der Waals surface area contributed by atoms with Crippen LogP contribution in [0.4, 0.5) is 10.3 Å². The number of carbonyl (C=O) groups is 1. The second kappa shape index (κ2) is 11.0. The summed E-state index contributed by atoms with van der Waals surface area (Å²) < 4.78 is 24.8. The number of aliphatic hydroxyl groups is 1. The van der Waals surface area contributed by atoms with E-state index in [-0.39, 0.29) is 17.3 Å². The molecule has 11 heteroatoms. The molecule has 10 nitrogen and oxygen atoms in total. The van der Waals surface area contributed by atoms with Crippen molar-refractivity contribution in [2.24, 2.45) is 7.05 Å². The van der Waals surface area contributed by atoms with Crippen LogP contribution < -0.4 is 5.32 Å². The van der Waals surface area contributed by atoms with Gasteiger partial charge in [-0.3, -0.25) is 19.7 Å². The molecule has 4 aromatic rings. The molecule has 6 rings (SSSR count). The van der Waals surface area contributed by atoms with E-state index in [2.05, 4.69) is 43.1 Å². The summed E-state index contributed by atoms with van der Waals surface area (Å²) in [6, 6.07) is 7.71. The number of pyridine rings is 1. The Bertz CT molecular complexity index is 1580. The van der Waals surface area contributed by atoms with E-state index in [1.807, 2.05) is 6.92 Å². The Balaban J connectivity index is 1.35. The first-order valence-electron chi connectivity index (χ1n) is 14.2. The minimum absolute atomic E-state index is 0.0376. The van der Waals surface area contributed by atoms with Crippen molar-refractivity contribution in [1.29, 1.82) is 0 Å². The summed E-state index contributed by atoms with van der Waals surface area (Å²) in [5.74, 6) is -0.923. The van der Waals surface area contributed by atoms with Crippen LogP contribution >= 0.6 is 0 Å². The average Bonchev–Trinajstić information content (AvgIpc) is 3.53. The summed E-state index contributed by atoms with van der Waals surface area (Å²) in [6.07, 6.45) is 5.96. The molecule has 3 aromatic heterocycles. The molecule has 1 saturated heterocycles. The number of nitrogens with one attached hydrogen (secondary N) is 1. The Hall–Kier alpha value is -3.67. The van der Waals surface area contributed by atoms with Crippen molar-refractivity contribution in [2.75, 3.05) is 31.6 Å². The van der Waals surface area contributed by atoms with Crippen LogP contribution in [0.1, 0.15) is 60.3 Å². The zero-order chi connectivity index (χ0) is 28.7. The van der Waals surface area contributed by atoms with Crippen LogP contribution in [-0.4, -0.2) is 72.1 Å². The number of halogens is 1. The van der Waals surface area contributed by atoms with Crippen molar-refractivity contribution in [3.63, 3.8) is 0 Å². The Kier molecular flexibility index (Phi) is 7.35. The zero-order valence-corrected chi connectivity index (χ0v) is 23.7. The first kappa shape index (κ1) is 27.5. The third-order valence-electron chi connectivity index (χ3n) is 8.20. The fraction of sp³-hybridized carbons (Fsp3) is 0.467. The van der Waals surface area contributed by atoms with Crippen LogP contribution in [0.2, 0.25) is 0 Å². The SMILES string of the molecule is Cc1cc(C(=O)Nc2nc3cc(CN4CCOCC4)ccc3n2[C@H]2CC[C@@](C)(O)CC2)c(F)c(-c2cnn(C)c2)n1. The predicted molar refractivity (Wildman–Crippen MR) is 153 cm³/mol. The standard InChI is InChI=1S/C30H36FN7O3/c1-19-14-23(26(31)27(33-19)21-16-32-36(3)18-21)28(39)35-29-34-24-15-20(17-37-10-12-41-13-11-37)4-5-25(24)38(29)22-6-8-30(2,40)9-7-22/h4-5,14-16,18,22,40H,6-13,17H2,1-3H3,(H,34,35,39)/t22-,30+. The molecule has 0 spiro atoms. The quantitative estimate of drug-likeness (QED) is 0.363. The summed E-state index contributed by atoms with van der Waals surface area (Å²) in [5, 5.41) is 17.6. The van der Waals surface area contributed by atoms with E-state index in [1.54, 1.807) is 24.9 Å². The van der Waals surface area contributed by atoms with Gasteiger partial charge in [0.25, 0.3) is 5.91 Å². The highest BCUT2D eigenvalue weighted by Gasteiger charge is 2.32. The Labute approximate surface area is 238 Å². The lowest BCUT2D eigenvalue weighted by Crippen LogP contribution is -2.35. The molecule has 0 radical (unpaired) electrons. The molecule has 216 valence electrons. The summed E-state index contributed by atoms with van der Waals surface area (Å²) in [5.41, 5.74) is 3.09. The van der Waals surface area contributed by atoms with E-state index in [0.717, 1.165) is 62.3 Å². The lowest BCUT2D eigenvalue weighted by Gasteiger charge is -2.34. The van der Waals surface area contributed by atoms with E-state index in [0.29, 0.717) is 30.0 Å². The molecule has 1 saturated carbocycles. The van der Waals surface area contributed by atoms with Crippen molar-refractivity contribution in [3.05, 3.63) is 59.3 Å². The Morgan fingerprint density at radius 3 is 2.66 bits per heavy atom. The van der Waals surface area contributed by atoms with E-state index < -0.39 is 17.3 Å². The number of hydrogen-bond acceptors (Lipinski definition) is 7. The second-order valence-electron chi connectivity index (χ2n) is 11.6. The molecule has 1 aliphatic heterocycles. The predicted octanol–water partition coefficient (Wildman–Crippen LogP) is 4.23. The number of carbonyl (C=O) groups excluding carboxylic acids is 1. The molecule has 1 aliphatic carbocycles. The summed E-state index contributed by atoms with van der Waals surface area (Å²) in [4.78, 5) is 25.2. The Morgan fingerprint density at radius 1 is 1.20 bits per heavy atom. The number of benzene rings is 1. The van der Waals surface area contributed by atoms with Crippen LogP contribution in [0.25, 0.3) is 22.3 Å². The van der Waals surface area contributed by atoms with Crippen LogP contribution in [0.3, 0.4) is 0 Å². The summed E-state index contributed by atoms with van der Waals surface area (Å²) >= 11 is 0. The highest BCUT2D eigenvalue weighted by atomic mass is 19.1. The van der Waals surface area contributed by atoms with Gasteiger partial charge in [0, 0.05) is 50.2 Å². The number of imidazole rings is 1. The van der Waals surface area contributed by atoms with Gasteiger partial charge < -0.3 is 14.4 Å². The number of hydrogen-bond donors (Lipinski definition) is 2. The minimum atomic E-state index is -0.706. The van der Waals surface area contributed by atoms with Crippen LogP contribution in [-0.2, 0) is 18.3 Å². The first-order valence-corrected chi connectivity index (χ1v) is 14.2. The number of aryl methyl sites for hydroxylation is 2. The van der Waals surface area contributed by atoms with Gasteiger partial charge in [-0.15, -0.1) is 0 Å². The van der Waals surface area contributed by atoms with E-state index in [9.17, 15) is 9.90 Å². The molecule has 2 N–H and O–H groups in total. The number of anilines is 1. The van der Waals surface area contributed by atoms with Gasteiger partial charge in [0.1, 0.15) is 5.69 Å². The monoisotopic (exact) mass is 561 g/mol. The fourth-order valence-corrected chi connectivity index (χ4v) is 5.93. The van der Waals surface area contributed by atoms with Crippen molar-refractivity contribution in [2.45, 2.75) is 57.7 Å². The normalized spacial score (nSPS) is 21.8. The smallest absolute Gasteiger partial charge is 0.261 e. The van der Waals surface area contributed by atoms with Gasteiger partial charge in [-0.2, -0.15) is 5.10 Å². The molecular weight excluding hydrogens is 525 g/mol. The molecule has 0 atom stereocenters. The average molecular weight is 562 g/mol. The molecular formula is C30H36FN7O3.